The van der Waals surface area contributed by atoms with E-state index < -0.39 is 0 Å². The minimum absolute atomic E-state index is 0.0116. The third-order valence-electron chi connectivity index (χ3n) is 3.69. The molecule has 0 aromatic carbocycles. The highest BCUT2D eigenvalue weighted by Crippen LogP contribution is 2.47. The fraction of sp³-hybridized carbons (Fsp3) is 0.769. The van der Waals surface area contributed by atoms with Crippen LogP contribution in [0.4, 0.5) is 0 Å². The molecule has 0 unspecified atom stereocenters. The summed E-state index contributed by atoms with van der Waals surface area (Å²) in [6, 6.07) is 0.287. The highest BCUT2D eigenvalue weighted by Gasteiger charge is 2.41. The second-order valence-corrected chi connectivity index (χ2v) is 6.60. The molecular weight excluding hydrogens is 276 g/mol. The highest BCUT2D eigenvalue weighted by atomic mass is 32.2. The predicted molar refractivity (Wildman–Crippen MR) is 77.5 cm³/mol. The lowest BCUT2D eigenvalue weighted by molar-refractivity contribution is -0.118. The lowest BCUT2D eigenvalue weighted by atomic mass is 10.0. The Balaban J connectivity index is 1.74. The van der Waals surface area contributed by atoms with Crippen LogP contribution in [-0.4, -0.2) is 44.7 Å². The van der Waals surface area contributed by atoms with E-state index in [4.69, 9.17) is 5.11 Å². The van der Waals surface area contributed by atoms with Crippen LogP contribution in [0.3, 0.4) is 0 Å². The molecule has 1 amide bonds. The van der Waals surface area contributed by atoms with Crippen molar-refractivity contribution in [1.82, 2.24) is 20.1 Å². The number of carbonyl (C=O) groups excluding carboxylic acids is 1. The molecule has 0 saturated heterocycles. The zero-order valence-corrected chi connectivity index (χ0v) is 12.8. The van der Waals surface area contributed by atoms with Gasteiger partial charge in [0.1, 0.15) is 6.33 Å². The first kappa shape index (κ1) is 15.3. The molecule has 1 aromatic rings. The van der Waals surface area contributed by atoms with Gasteiger partial charge in [0, 0.05) is 19.2 Å². The zero-order valence-electron chi connectivity index (χ0n) is 12.0. The van der Waals surface area contributed by atoms with Crippen molar-refractivity contribution in [3.8, 4) is 0 Å². The average Bonchev–Trinajstić information content (AvgIpc) is 3.01. The van der Waals surface area contributed by atoms with Gasteiger partial charge in [-0.1, -0.05) is 11.8 Å². The smallest absolute Gasteiger partial charge is 0.230 e. The molecule has 6 nitrogen and oxygen atoms in total. The maximum absolute atomic E-state index is 11.8. The Morgan fingerprint density at radius 3 is 2.95 bits per heavy atom. The first-order valence-electron chi connectivity index (χ1n) is 6.96. The summed E-state index contributed by atoms with van der Waals surface area (Å²) in [6.07, 6.45) is 4.67. The quantitative estimate of drug-likeness (QED) is 0.706. The number of amides is 1. The molecule has 7 heteroatoms. The van der Waals surface area contributed by atoms with Crippen LogP contribution in [0.2, 0.25) is 0 Å². The monoisotopic (exact) mass is 298 g/mol. The summed E-state index contributed by atoms with van der Waals surface area (Å²) < 4.78 is 1.95. The number of rotatable bonds is 8. The van der Waals surface area contributed by atoms with E-state index in [0.29, 0.717) is 12.3 Å². The van der Waals surface area contributed by atoms with Crippen LogP contribution in [0, 0.1) is 5.41 Å². The van der Waals surface area contributed by atoms with Crippen molar-refractivity contribution in [2.24, 2.45) is 5.41 Å². The van der Waals surface area contributed by atoms with Gasteiger partial charge in [0.15, 0.2) is 5.16 Å². The number of aliphatic hydroxyl groups excluding tert-OH is 1. The summed E-state index contributed by atoms with van der Waals surface area (Å²) in [7, 11) is 0. The van der Waals surface area contributed by atoms with Crippen LogP contribution in [-0.2, 0) is 4.79 Å². The Kier molecular flexibility index (Phi) is 5.04. The van der Waals surface area contributed by atoms with E-state index in [-0.39, 0.29) is 24.0 Å². The SMILES string of the molecule is CC(C)n1cnnc1SCC(=O)NCC1(CCO)CC1. The Hall–Kier alpha value is -1.08. The van der Waals surface area contributed by atoms with E-state index in [1.807, 2.05) is 4.57 Å². The second-order valence-electron chi connectivity index (χ2n) is 5.65. The van der Waals surface area contributed by atoms with E-state index in [1.165, 1.54) is 11.8 Å². The molecule has 0 bridgehead atoms. The van der Waals surface area contributed by atoms with E-state index in [2.05, 4.69) is 29.4 Å². The summed E-state index contributed by atoms with van der Waals surface area (Å²) in [5, 5.41) is 20.6. The van der Waals surface area contributed by atoms with Crippen LogP contribution >= 0.6 is 11.8 Å². The average molecular weight is 298 g/mol. The van der Waals surface area contributed by atoms with Crippen LogP contribution < -0.4 is 5.32 Å². The van der Waals surface area contributed by atoms with Crippen molar-refractivity contribution in [3.05, 3.63) is 6.33 Å². The molecule has 2 N–H and O–H groups in total. The number of hydrogen-bond donors (Lipinski definition) is 2. The third kappa shape index (κ3) is 3.96. The molecular formula is C13H22N4O2S. The third-order valence-corrected chi connectivity index (χ3v) is 4.65. The van der Waals surface area contributed by atoms with Gasteiger partial charge in [0.2, 0.25) is 5.91 Å². The normalized spacial score (nSPS) is 16.4. The molecule has 1 aliphatic carbocycles. The van der Waals surface area contributed by atoms with Crippen LogP contribution in [0.25, 0.3) is 0 Å². The van der Waals surface area contributed by atoms with E-state index >= 15 is 0 Å². The number of aromatic nitrogens is 3. The van der Waals surface area contributed by atoms with Crippen molar-refractivity contribution < 1.29 is 9.90 Å². The van der Waals surface area contributed by atoms with Crippen molar-refractivity contribution in [1.29, 1.82) is 0 Å². The zero-order chi connectivity index (χ0) is 14.6. The minimum atomic E-state index is 0.0116. The van der Waals surface area contributed by atoms with Crippen molar-refractivity contribution in [3.63, 3.8) is 0 Å². The van der Waals surface area contributed by atoms with Gasteiger partial charge >= 0.3 is 0 Å². The fourth-order valence-corrected chi connectivity index (χ4v) is 2.96. The molecule has 2 rings (SSSR count). The van der Waals surface area contributed by atoms with Crippen molar-refractivity contribution >= 4 is 17.7 Å². The minimum Gasteiger partial charge on any atom is -0.396 e. The maximum atomic E-state index is 11.8. The Bertz CT molecular complexity index is 457. The Morgan fingerprint density at radius 2 is 2.35 bits per heavy atom. The van der Waals surface area contributed by atoms with E-state index in [9.17, 15) is 4.79 Å². The van der Waals surface area contributed by atoms with Gasteiger partial charge in [-0.25, -0.2) is 0 Å². The predicted octanol–water partition coefficient (Wildman–Crippen LogP) is 1.23. The summed E-state index contributed by atoms with van der Waals surface area (Å²) in [6.45, 7) is 4.98. The number of nitrogens with one attached hydrogen (secondary N) is 1. The van der Waals surface area contributed by atoms with E-state index in [1.54, 1.807) is 6.33 Å². The largest absolute Gasteiger partial charge is 0.396 e. The molecule has 1 fully saturated rings. The number of hydrogen-bond acceptors (Lipinski definition) is 5. The van der Waals surface area contributed by atoms with Gasteiger partial charge in [-0.2, -0.15) is 0 Å². The second kappa shape index (κ2) is 6.58. The van der Waals surface area contributed by atoms with Crippen LogP contribution in [0.15, 0.2) is 11.5 Å². The van der Waals surface area contributed by atoms with Gasteiger partial charge < -0.3 is 15.0 Å². The molecule has 0 atom stereocenters. The lowest BCUT2D eigenvalue weighted by Crippen LogP contribution is -2.32. The van der Waals surface area contributed by atoms with Crippen LogP contribution in [0.5, 0.6) is 0 Å². The van der Waals surface area contributed by atoms with Gasteiger partial charge in [0.25, 0.3) is 0 Å². The number of carbonyl (C=O) groups is 1. The maximum Gasteiger partial charge on any atom is 0.230 e. The van der Waals surface area contributed by atoms with Crippen molar-refractivity contribution in [2.45, 2.75) is 44.3 Å². The van der Waals surface area contributed by atoms with Crippen molar-refractivity contribution in [2.75, 3.05) is 18.9 Å². The fourth-order valence-electron chi connectivity index (χ4n) is 2.09. The van der Waals surface area contributed by atoms with Crippen LogP contribution in [0.1, 0.15) is 39.2 Å². The molecule has 1 aromatic heterocycles. The lowest BCUT2D eigenvalue weighted by Gasteiger charge is -2.14. The first-order chi connectivity index (χ1) is 9.56. The molecule has 0 aliphatic heterocycles. The standard InChI is InChI=1S/C13H22N4O2S/c1-10(2)17-9-15-16-12(17)20-7-11(19)14-8-13(3-4-13)5-6-18/h9-10,18H,3-8H2,1-2H3,(H,14,19). The summed E-state index contributed by atoms with van der Waals surface area (Å²) in [5.74, 6) is 0.359. The summed E-state index contributed by atoms with van der Waals surface area (Å²) in [4.78, 5) is 11.8. The first-order valence-corrected chi connectivity index (χ1v) is 7.95. The van der Waals surface area contributed by atoms with Gasteiger partial charge in [-0.15, -0.1) is 10.2 Å². The number of thioether (sulfide) groups is 1. The molecule has 0 radical (unpaired) electrons. The summed E-state index contributed by atoms with van der Waals surface area (Å²) in [5.41, 5.74) is 0.160. The van der Waals surface area contributed by atoms with Gasteiger partial charge in [-0.3, -0.25) is 4.79 Å². The highest BCUT2D eigenvalue weighted by molar-refractivity contribution is 7.99. The Morgan fingerprint density at radius 1 is 1.60 bits per heavy atom. The summed E-state index contributed by atoms with van der Waals surface area (Å²) >= 11 is 1.40. The number of aliphatic hydroxyl groups is 1. The van der Waals surface area contributed by atoms with E-state index in [0.717, 1.165) is 24.4 Å². The topological polar surface area (TPSA) is 80.0 Å². The molecule has 112 valence electrons. The number of nitrogens with zero attached hydrogens (tertiary/aromatic N) is 3. The molecule has 1 aliphatic rings. The van der Waals surface area contributed by atoms with Gasteiger partial charge in [0.05, 0.1) is 5.75 Å². The molecule has 0 spiro atoms. The molecule has 20 heavy (non-hydrogen) atoms. The molecule has 1 heterocycles. The Labute approximate surface area is 123 Å². The van der Waals surface area contributed by atoms with Gasteiger partial charge in [-0.05, 0) is 38.5 Å². The molecule has 1 saturated carbocycles.